The highest BCUT2D eigenvalue weighted by Gasteiger charge is 2.15. The Morgan fingerprint density at radius 1 is 0.889 bits per heavy atom. The zero-order valence-corrected chi connectivity index (χ0v) is 20.5. The van der Waals surface area contributed by atoms with Crippen LogP contribution in [0.4, 0.5) is 0 Å². The van der Waals surface area contributed by atoms with Crippen LogP contribution in [0.2, 0.25) is 0 Å². The summed E-state index contributed by atoms with van der Waals surface area (Å²) in [4.78, 5) is 7.56. The maximum atomic E-state index is 11.8. The predicted molar refractivity (Wildman–Crippen MR) is 142 cm³/mol. The number of likely N-dealkylation sites (tertiary alicyclic amines) is 1. The summed E-state index contributed by atoms with van der Waals surface area (Å²) in [5.41, 5.74) is 4.51. The molecule has 1 aliphatic heterocycles. The average Bonchev–Trinajstić information content (AvgIpc) is 3.58. The van der Waals surface area contributed by atoms with E-state index in [2.05, 4.69) is 10.00 Å². The Bertz CT molecular complexity index is 1560. The summed E-state index contributed by atoms with van der Waals surface area (Å²) in [7, 11) is 0. The molecule has 0 spiro atoms. The van der Waals surface area contributed by atoms with E-state index in [0.717, 1.165) is 51.0 Å². The lowest BCUT2D eigenvalue weighted by Gasteiger charge is -2.15. The highest BCUT2D eigenvalue weighted by atomic mass is 32.2. The number of rotatable bonds is 7. The minimum absolute atomic E-state index is 0.393. The van der Waals surface area contributed by atoms with Gasteiger partial charge in [0.15, 0.2) is 16.7 Å². The Hall–Kier alpha value is -3.59. The first-order valence-corrected chi connectivity index (χ1v) is 13.2. The van der Waals surface area contributed by atoms with E-state index in [9.17, 15) is 8.76 Å². The highest BCUT2D eigenvalue weighted by molar-refractivity contribution is 7.79. The van der Waals surface area contributed by atoms with Crippen LogP contribution in [0.1, 0.15) is 12.8 Å². The van der Waals surface area contributed by atoms with Crippen LogP contribution in [0.5, 0.6) is 5.75 Å². The summed E-state index contributed by atoms with van der Waals surface area (Å²) in [6.45, 7) is 4.03. The van der Waals surface area contributed by atoms with Crippen molar-refractivity contribution >= 4 is 27.5 Å². The number of hydrogen-bond acceptors (Lipinski definition) is 5. The van der Waals surface area contributed by atoms with E-state index in [0.29, 0.717) is 11.5 Å². The normalized spacial score (nSPS) is 15.0. The monoisotopic (exact) mass is 498 g/mol. The first-order chi connectivity index (χ1) is 17.7. The highest BCUT2D eigenvalue weighted by Crippen LogP contribution is 2.34. The number of ether oxygens (including phenoxy) is 1. The van der Waals surface area contributed by atoms with Gasteiger partial charge < -0.3 is 9.29 Å². The molecule has 7 nitrogen and oxygen atoms in total. The van der Waals surface area contributed by atoms with E-state index in [1.165, 1.54) is 25.9 Å². The fraction of sp³-hybridized carbons (Fsp3) is 0.214. The average molecular weight is 499 g/mol. The molecule has 36 heavy (non-hydrogen) atoms. The number of aromatic nitrogens is 3. The van der Waals surface area contributed by atoms with Gasteiger partial charge in [-0.2, -0.15) is 5.10 Å². The smallest absolute Gasteiger partial charge is 0.187 e. The SMILES string of the molecule is O=S(O)c1ccc(-c2cnn3cc(-c4ccc(OCCN5CCCC5)cc4)cnc23)c2ccccc12. The van der Waals surface area contributed by atoms with Gasteiger partial charge in [-0.3, -0.25) is 4.90 Å². The molecule has 0 aliphatic carbocycles. The molecule has 0 saturated carbocycles. The summed E-state index contributed by atoms with van der Waals surface area (Å²) >= 11 is -2.06. The lowest BCUT2D eigenvalue weighted by molar-refractivity contribution is 0.238. The summed E-state index contributed by atoms with van der Waals surface area (Å²) in [5, 5.41) is 6.19. The fourth-order valence-corrected chi connectivity index (χ4v) is 5.47. The zero-order chi connectivity index (χ0) is 24.5. The van der Waals surface area contributed by atoms with E-state index in [1.54, 1.807) is 16.8 Å². The van der Waals surface area contributed by atoms with Crippen molar-refractivity contribution in [2.75, 3.05) is 26.2 Å². The molecule has 0 amide bonds. The van der Waals surface area contributed by atoms with Gasteiger partial charge in [0.05, 0.1) is 11.1 Å². The molecule has 1 aliphatic rings. The van der Waals surface area contributed by atoms with Crippen molar-refractivity contribution in [3.63, 3.8) is 0 Å². The van der Waals surface area contributed by atoms with Crippen molar-refractivity contribution in [1.29, 1.82) is 0 Å². The molecular weight excluding hydrogens is 472 g/mol. The van der Waals surface area contributed by atoms with Crippen LogP contribution >= 0.6 is 0 Å². The van der Waals surface area contributed by atoms with Gasteiger partial charge in [0.2, 0.25) is 0 Å². The van der Waals surface area contributed by atoms with Crippen molar-refractivity contribution in [3.05, 3.63) is 79.3 Å². The second-order valence-electron chi connectivity index (χ2n) is 9.00. The molecule has 3 aromatic carbocycles. The molecule has 5 aromatic rings. The number of fused-ring (bicyclic) bond motifs is 2. The topological polar surface area (TPSA) is 80.0 Å². The molecular formula is C28H26N4O3S. The maximum absolute atomic E-state index is 11.8. The summed E-state index contributed by atoms with van der Waals surface area (Å²) in [6, 6.07) is 19.2. The standard InChI is InChI=1S/C28H26N4O3S/c33-36(34)27-12-11-24(23-5-1-2-6-25(23)27)26-18-30-32-19-21(17-29-28(26)32)20-7-9-22(10-8-20)35-16-15-31-13-3-4-14-31/h1-2,5-12,17-19H,3-4,13-16H2,(H,33,34). The molecule has 3 heterocycles. The van der Waals surface area contributed by atoms with Crippen LogP contribution in [0, 0.1) is 0 Å². The summed E-state index contributed by atoms with van der Waals surface area (Å²) in [6.07, 6.45) is 8.19. The molecule has 1 atom stereocenters. The largest absolute Gasteiger partial charge is 0.492 e. The van der Waals surface area contributed by atoms with E-state index >= 15 is 0 Å². The molecule has 1 N–H and O–H groups in total. The molecule has 2 aromatic heterocycles. The van der Waals surface area contributed by atoms with E-state index in [4.69, 9.17) is 9.72 Å². The van der Waals surface area contributed by atoms with E-state index in [1.807, 2.05) is 67.0 Å². The van der Waals surface area contributed by atoms with Gasteiger partial charge in [0.25, 0.3) is 0 Å². The second-order valence-corrected chi connectivity index (χ2v) is 9.93. The molecule has 182 valence electrons. The minimum atomic E-state index is -2.06. The van der Waals surface area contributed by atoms with Crippen molar-refractivity contribution in [2.24, 2.45) is 0 Å². The number of hydrogen-bond donors (Lipinski definition) is 1. The van der Waals surface area contributed by atoms with Crippen LogP contribution < -0.4 is 4.74 Å². The maximum Gasteiger partial charge on any atom is 0.187 e. The van der Waals surface area contributed by atoms with Gasteiger partial charge in [-0.25, -0.2) is 13.7 Å². The van der Waals surface area contributed by atoms with Crippen LogP contribution in [0.15, 0.2) is 84.1 Å². The van der Waals surface area contributed by atoms with Crippen molar-refractivity contribution in [1.82, 2.24) is 19.5 Å². The molecule has 0 radical (unpaired) electrons. The quantitative estimate of drug-likeness (QED) is 0.308. The number of nitrogens with zero attached hydrogens (tertiary/aromatic N) is 4. The lowest BCUT2D eigenvalue weighted by atomic mass is 10.00. The fourth-order valence-electron chi connectivity index (χ4n) is 4.91. The van der Waals surface area contributed by atoms with Gasteiger partial charge in [-0.15, -0.1) is 0 Å². The third kappa shape index (κ3) is 4.39. The zero-order valence-electron chi connectivity index (χ0n) is 19.7. The van der Waals surface area contributed by atoms with Gasteiger partial charge in [-0.05, 0) is 60.6 Å². The molecule has 1 unspecified atom stereocenters. The molecule has 1 fully saturated rings. The lowest BCUT2D eigenvalue weighted by Crippen LogP contribution is -2.25. The summed E-state index contributed by atoms with van der Waals surface area (Å²) in [5.74, 6) is 0.868. The van der Waals surface area contributed by atoms with Crippen molar-refractivity contribution in [2.45, 2.75) is 17.7 Å². The Kier molecular flexibility index (Phi) is 6.23. The predicted octanol–water partition coefficient (Wildman–Crippen LogP) is 5.27. The molecule has 1 saturated heterocycles. The molecule has 0 bridgehead atoms. The summed E-state index contributed by atoms with van der Waals surface area (Å²) < 4.78 is 29.2. The van der Waals surface area contributed by atoms with Crippen LogP contribution in [0.3, 0.4) is 0 Å². The number of benzene rings is 3. The Labute approximate surface area is 211 Å². The van der Waals surface area contributed by atoms with E-state index < -0.39 is 11.1 Å². The van der Waals surface area contributed by atoms with Gasteiger partial charge >= 0.3 is 0 Å². The van der Waals surface area contributed by atoms with Crippen LogP contribution in [-0.4, -0.2) is 54.5 Å². The Morgan fingerprint density at radius 2 is 1.67 bits per heavy atom. The first-order valence-electron chi connectivity index (χ1n) is 12.1. The minimum Gasteiger partial charge on any atom is -0.492 e. The molecule has 6 rings (SSSR count). The molecule has 8 heteroatoms. The first kappa shape index (κ1) is 22.8. The van der Waals surface area contributed by atoms with Crippen LogP contribution in [0.25, 0.3) is 38.7 Å². The third-order valence-corrected chi connectivity index (χ3v) is 7.51. The third-order valence-electron chi connectivity index (χ3n) is 6.78. The Morgan fingerprint density at radius 3 is 2.44 bits per heavy atom. The van der Waals surface area contributed by atoms with E-state index in [-0.39, 0.29) is 0 Å². The van der Waals surface area contributed by atoms with Crippen molar-refractivity contribution < 1.29 is 13.5 Å². The van der Waals surface area contributed by atoms with Gasteiger partial charge in [0, 0.05) is 35.5 Å². The second kappa shape index (κ2) is 9.81. The van der Waals surface area contributed by atoms with Crippen molar-refractivity contribution in [3.8, 4) is 28.0 Å². The Balaban J connectivity index is 1.26. The van der Waals surface area contributed by atoms with Gasteiger partial charge in [0.1, 0.15) is 12.4 Å². The van der Waals surface area contributed by atoms with Gasteiger partial charge in [-0.1, -0.05) is 42.5 Å². The van der Waals surface area contributed by atoms with Crippen LogP contribution in [-0.2, 0) is 11.1 Å².